The summed E-state index contributed by atoms with van der Waals surface area (Å²) in [5, 5.41) is 8.78. The lowest BCUT2D eigenvalue weighted by molar-refractivity contribution is 0.843. The molecule has 0 saturated carbocycles. The minimum atomic E-state index is 0.442. The van der Waals surface area contributed by atoms with Gasteiger partial charge in [-0.15, -0.1) is 5.10 Å². The number of aromatic nitrogens is 2. The van der Waals surface area contributed by atoms with Crippen molar-refractivity contribution in [1.82, 2.24) is 10.2 Å². The second kappa shape index (κ2) is 5.80. The number of benzene rings is 1. The fraction of sp³-hybridized carbons (Fsp3) is 0.231. The average Bonchev–Trinajstić information content (AvgIpc) is 2.41. The quantitative estimate of drug-likeness (QED) is 0.918. The van der Waals surface area contributed by atoms with Crippen LogP contribution >= 0.6 is 11.6 Å². The van der Waals surface area contributed by atoms with Crippen LogP contribution in [-0.4, -0.2) is 17.2 Å². The summed E-state index contributed by atoms with van der Waals surface area (Å²) < 4.78 is 0. The van der Waals surface area contributed by atoms with Gasteiger partial charge < -0.3 is 10.6 Å². The van der Waals surface area contributed by atoms with E-state index in [1.807, 2.05) is 42.3 Å². The first-order chi connectivity index (χ1) is 8.72. The van der Waals surface area contributed by atoms with Crippen molar-refractivity contribution in [1.29, 1.82) is 0 Å². The predicted molar refractivity (Wildman–Crippen MR) is 73.5 cm³/mol. The summed E-state index contributed by atoms with van der Waals surface area (Å²) in [5.74, 6) is 0.792. The van der Waals surface area contributed by atoms with E-state index >= 15 is 0 Å². The molecular formula is C13H15ClN4. The van der Waals surface area contributed by atoms with Crippen LogP contribution in [-0.2, 0) is 13.1 Å². The van der Waals surface area contributed by atoms with Gasteiger partial charge in [0.15, 0.2) is 5.82 Å². The van der Waals surface area contributed by atoms with Gasteiger partial charge in [-0.25, -0.2) is 0 Å². The van der Waals surface area contributed by atoms with Crippen LogP contribution in [0.25, 0.3) is 0 Å². The number of hydrogen-bond donors (Lipinski definition) is 1. The maximum Gasteiger partial charge on any atom is 0.155 e. The molecule has 5 heteroatoms. The molecule has 94 valence electrons. The minimum Gasteiger partial charge on any atom is -0.354 e. The Bertz CT molecular complexity index is 530. The monoisotopic (exact) mass is 262 g/mol. The summed E-state index contributed by atoms with van der Waals surface area (Å²) in [4.78, 5) is 2.00. The third-order valence-corrected chi connectivity index (χ3v) is 3.10. The van der Waals surface area contributed by atoms with E-state index in [9.17, 15) is 0 Å². The summed E-state index contributed by atoms with van der Waals surface area (Å²) in [6, 6.07) is 9.64. The van der Waals surface area contributed by atoms with E-state index in [1.54, 1.807) is 6.20 Å². The van der Waals surface area contributed by atoms with Crippen molar-refractivity contribution in [2.24, 2.45) is 5.73 Å². The first kappa shape index (κ1) is 12.8. The molecule has 0 aliphatic carbocycles. The van der Waals surface area contributed by atoms with Crippen molar-refractivity contribution in [2.75, 3.05) is 11.9 Å². The van der Waals surface area contributed by atoms with Gasteiger partial charge in [0.2, 0.25) is 0 Å². The smallest absolute Gasteiger partial charge is 0.155 e. The molecule has 2 aromatic rings. The Morgan fingerprint density at radius 1 is 1.22 bits per heavy atom. The molecule has 0 fully saturated rings. The number of hydrogen-bond acceptors (Lipinski definition) is 4. The predicted octanol–water partition coefficient (Wildman–Crippen LogP) is 2.23. The van der Waals surface area contributed by atoms with Crippen LogP contribution in [0.4, 0.5) is 5.82 Å². The average molecular weight is 263 g/mol. The molecule has 1 aromatic carbocycles. The zero-order chi connectivity index (χ0) is 13.0. The highest BCUT2D eigenvalue weighted by molar-refractivity contribution is 6.31. The lowest BCUT2D eigenvalue weighted by atomic mass is 10.2. The maximum absolute atomic E-state index is 6.14. The second-order valence-electron chi connectivity index (χ2n) is 4.03. The highest BCUT2D eigenvalue weighted by Crippen LogP contribution is 2.20. The molecule has 0 amide bonds. The number of anilines is 1. The molecule has 0 saturated heterocycles. The largest absolute Gasteiger partial charge is 0.354 e. The minimum absolute atomic E-state index is 0.442. The Hall–Kier alpha value is -1.65. The third kappa shape index (κ3) is 2.78. The molecule has 1 heterocycles. The van der Waals surface area contributed by atoms with E-state index in [4.69, 9.17) is 17.3 Å². The topological polar surface area (TPSA) is 55.0 Å². The summed E-state index contributed by atoms with van der Waals surface area (Å²) >= 11 is 6.14. The number of halogens is 1. The highest BCUT2D eigenvalue weighted by atomic mass is 35.5. The van der Waals surface area contributed by atoms with Crippen LogP contribution in [0.5, 0.6) is 0 Å². The number of rotatable bonds is 4. The van der Waals surface area contributed by atoms with E-state index < -0.39 is 0 Å². The summed E-state index contributed by atoms with van der Waals surface area (Å²) in [7, 11) is 1.95. The van der Waals surface area contributed by atoms with Crippen LogP contribution < -0.4 is 10.6 Å². The summed E-state index contributed by atoms with van der Waals surface area (Å²) in [6.45, 7) is 1.11. The van der Waals surface area contributed by atoms with Crippen molar-refractivity contribution in [2.45, 2.75) is 13.1 Å². The van der Waals surface area contributed by atoms with E-state index in [2.05, 4.69) is 10.2 Å². The van der Waals surface area contributed by atoms with Crippen LogP contribution in [0.1, 0.15) is 11.1 Å². The zero-order valence-corrected chi connectivity index (χ0v) is 10.9. The van der Waals surface area contributed by atoms with Crippen molar-refractivity contribution >= 4 is 17.4 Å². The highest BCUT2D eigenvalue weighted by Gasteiger charge is 2.10. The second-order valence-corrected chi connectivity index (χ2v) is 4.44. The molecule has 1 aromatic heterocycles. The lowest BCUT2D eigenvalue weighted by Gasteiger charge is -2.20. The molecule has 0 atom stereocenters. The SMILES string of the molecule is CN(Cc1ccccc1Cl)c1nnccc1CN. The van der Waals surface area contributed by atoms with Crippen molar-refractivity contribution in [3.63, 3.8) is 0 Å². The number of nitrogens with two attached hydrogens (primary N) is 1. The molecule has 2 rings (SSSR count). The molecule has 18 heavy (non-hydrogen) atoms. The summed E-state index contributed by atoms with van der Waals surface area (Å²) in [6.07, 6.45) is 1.65. The van der Waals surface area contributed by atoms with Gasteiger partial charge in [-0.1, -0.05) is 29.8 Å². The Morgan fingerprint density at radius 3 is 2.72 bits per heavy atom. The lowest BCUT2D eigenvalue weighted by Crippen LogP contribution is -2.21. The molecule has 0 bridgehead atoms. The Labute approximate surface area is 111 Å². The van der Waals surface area contributed by atoms with E-state index in [-0.39, 0.29) is 0 Å². The van der Waals surface area contributed by atoms with E-state index in [1.165, 1.54) is 0 Å². The van der Waals surface area contributed by atoms with Gasteiger partial charge in [-0.3, -0.25) is 0 Å². The Morgan fingerprint density at radius 2 is 2.00 bits per heavy atom. The van der Waals surface area contributed by atoms with Crippen molar-refractivity contribution in [3.8, 4) is 0 Å². The number of nitrogens with zero attached hydrogens (tertiary/aromatic N) is 3. The normalized spacial score (nSPS) is 10.4. The Kier molecular flexibility index (Phi) is 4.12. The van der Waals surface area contributed by atoms with Crippen LogP contribution in [0.3, 0.4) is 0 Å². The van der Waals surface area contributed by atoms with E-state index in [0.29, 0.717) is 13.1 Å². The molecule has 0 unspecified atom stereocenters. The zero-order valence-electron chi connectivity index (χ0n) is 10.2. The molecular weight excluding hydrogens is 248 g/mol. The summed E-state index contributed by atoms with van der Waals surface area (Å²) in [5.41, 5.74) is 7.71. The molecule has 0 aliphatic rings. The van der Waals surface area contributed by atoms with Gasteiger partial charge in [0.25, 0.3) is 0 Å². The first-order valence-corrected chi connectivity index (χ1v) is 6.05. The van der Waals surface area contributed by atoms with Crippen LogP contribution in [0.15, 0.2) is 36.5 Å². The van der Waals surface area contributed by atoms with Gasteiger partial charge in [0, 0.05) is 30.7 Å². The molecule has 0 aliphatic heterocycles. The van der Waals surface area contributed by atoms with Gasteiger partial charge in [0.1, 0.15) is 0 Å². The van der Waals surface area contributed by atoms with Crippen LogP contribution in [0, 0.1) is 0 Å². The van der Waals surface area contributed by atoms with Crippen LogP contribution in [0.2, 0.25) is 5.02 Å². The maximum atomic E-state index is 6.14. The standard InChI is InChI=1S/C13H15ClN4/c1-18(9-11-4-2-3-5-12(11)14)13-10(8-15)6-7-16-17-13/h2-7H,8-9,15H2,1H3. The molecule has 0 spiro atoms. The van der Waals surface area contributed by atoms with Crippen molar-refractivity contribution < 1.29 is 0 Å². The third-order valence-electron chi connectivity index (χ3n) is 2.73. The fourth-order valence-corrected chi connectivity index (χ4v) is 1.98. The molecule has 0 radical (unpaired) electrons. The Balaban J connectivity index is 2.22. The van der Waals surface area contributed by atoms with Crippen molar-refractivity contribution in [3.05, 3.63) is 52.7 Å². The van der Waals surface area contributed by atoms with Gasteiger partial charge in [0.05, 0.1) is 6.20 Å². The van der Waals surface area contributed by atoms with Gasteiger partial charge in [-0.05, 0) is 17.7 Å². The van der Waals surface area contributed by atoms with Gasteiger partial charge in [-0.2, -0.15) is 5.10 Å². The van der Waals surface area contributed by atoms with E-state index in [0.717, 1.165) is 22.0 Å². The van der Waals surface area contributed by atoms with Gasteiger partial charge >= 0.3 is 0 Å². The fourth-order valence-electron chi connectivity index (χ4n) is 1.79. The first-order valence-electron chi connectivity index (χ1n) is 5.67. The molecule has 2 N–H and O–H groups in total. The molecule has 4 nitrogen and oxygen atoms in total.